The number of hydrogen-bond acceptors (Lipinski definition) is 5. The van der Waals surface area contributed by atoms with Gasteiger partial charge in [-0.3, -0.25) is 4.79 Å². The molecule has 114 valence electrons. The van der Waals surface area contributed by atoms with Crippen LogP contribution < -0.4 is 5.73 Å². The maximum atomic E-state index is 12.1. The maximum Gasteiger partial charge on any atom is 0.246 e. The molecule has 0 aliphatic rings. The van der Waals surface area contributed by atoms with Gasteiger partial charge in [-0.2, -0.15) is 0 Å². The minimum Gasteiger partial charge on any atom is -0.368 e. The largest absolute Gasteiger partial charge is 0.368 e. The Morgan fingerprint density at radius 2 is 2.09 bits per heavy atom. The lowest BCUT2D eigenvalue weighted by Gasteiger charge is -2.15. The monoisotopic (exact) mass is 314 g/mol. The smallest absolute Gasteiger partial charge is 0.246 e. The van der Waals surface area contributed by atoms with E-state index >= 15 is 0 Å². The van der Waals surface area contributed by atoms with Gasteiger partial charge in [0.25, 0.3) is 0 Å². The summed E-state index contributed by atoms with van der Waals surface area (Å²) in [5.74, 6) is 0.139. The highest BCUT2D eigenvalue weighted by Gasteiger charge is 2.06. The van der Waals surface area contributed by atoms with E-state index in [1.807, 2.05) is 18.4 Å². The summed E-state index contributed by atoms with van der Waals surface area (Å²) in [7, 11) is 1.78. The molecule has 2 N–H and O–H groups in total. The quantitative estimate of drug-likeness (QED) is 0.678. The SMILES string of the molecule is CSc1cccc(CN(C)C(=O)C=Cc2cnc(N)nc2)c1. The van der Waals surface area contributed by atoms with Crippen LogP contribution in [0, 0.1) is 0 Å². The molecule has 2 aromatic rings. The van der Waals surface area contributed by atoms with E-state index in [9.17, 15) is 4.79 Å². The van der Waals surface area contributed by atoms with Crippen molar-refractivity contribution >= 4 is 29.7 Å². The Morgan fingerprint density at radius 1 is 1.36 bits per heavy atom. The molecule has 0 fully saturated rings. The first kappa shape index (κ1) is 16.0. The van der Waals surface area contributed by atoms with Crippen LogP contribution in [0.15, 0.2) is 47.6 Å². The first-order valence-electron chi connectivity index (χ1n) is 6.72. The van der Waals surface area contributed by atoms with Gasteiger partial charge in [0, 0.05) is 42.5 Å². The molecule has 1 amide bonds. The van der Waals surface area contributed by atoms with E-state index in [2.05, 4.69) is 22.1 Å². The van der Waals surface area contributed by atoms with Crippen LogP contribution in [0.2, 0.25) is 0 Å². The Kier molecular flexibility index (Phi) is 5.55. The van der Waals surface area contributed by atoms with Crippen molar-refractivity contribution in [2.75, 3.05) is 19.0 Å². The van der Waals surface area contributed by atoms with Crippen molar-refractivity contribution in [3.05, 3.63) is 53.9 Å². The third-order valence-electron chi connectivity index (χ3n) is 3.04. The van der Waals surface area contributed by atoms with Gasteiger partial charge in [-0.1, -0.05) is 12.1 Å². The van der Waals surface area contributed by atoms with Gasteiger partial charge in [-0.25, -0.2) is 9.97 Å². The molecule has 0 bridgehead atoms. The van der Waals surface area contributed by atoms with Crippen LogP contribution in [-0.4, -0.2) is 34.1 Å². The lowest BCUT2D eigenvalue weighted by molar-refractivity contribution is -0.125. The summed E-state index contributed by atoms with van der Waals surface area (Å²) in [6, 6.07) is 8.16. The van der Waals surface area contributed by atoms with Crippen molar-refractivity contribution in [2.45, 2.75) is 11.4 Å². The van der Waals surface area contributed by atoms with Crippen molar-refractivity contribution in [3.8, 4) is 0 Å². The average molecular weight is 314 g/mol. The number of carbonyl (C=O) groups excluding carboxylic acids is 1. The van der Waals surface area contributed by atoms with Crippen molar-refractivity contribution < 1.29 is 4.79 Å². The first-order chi connectivity index (χ1) is 10.6. The maximum absolute atomic E-state index is 12.1. The molecule has 0 saturated heterocycles. The third kappa shape index (κ3) is 4.60. The minimum atomic E-state index is -0.0774. The van der Waals surface area contributed by atoms with Gasteiger partial charge in [0.15, 0.2) is 0 Å². The van der Waals surface area contributed by atoms with E-state index in [1.165, 1.54) is 11.0 Å². The van der Waals surface area contributed by atoms with Crippen molar-refractivity contribution in [1.82, 2.24) is 14.9 Å². The van der Waals surface area contributed by atoms with Crippen LogP contribution in [0.1, 0.15) is 11.1 Å². The number of aromatic nitrogens is 2. The number of carbonyl (C=O) groups is 1. The van der Waals surface area contributed by atoms with E-state index in [4.69, 9.17) is 5.73 Å². The molecule has 1 aromatic heterocycles. The summed E-state index contributed by atoms with van der Waals surface area (Å²) in [4.78, 5) is 22.7. The van der Waals surface area contributed by atoms with Crippen LogP contribution in [-0.2, 0) is 11.3 Å². The molecule has 2 rings (SSSR count). The molecule has 0 spiro atoms. The predicted octanol–water partition coefficient (Wildman–Crippen LogP) is 2.45. The van der Waals surface area contributed by atoms with Crippen LogP contribution in [0.3, 0.4) is 0 Å². The Hall–Kier alpha value is -2.34. The van der Waals surface area contributed by atoms with E-state index in [-0.39, 0.29) is 11.9 Å². The zero-order valence-corrected chi connectivity index (χ0v) is 13.4. The standard InChI is InChI=1S/C16H18N4OS/c1-20(11-12-4-3-5-14(8-12)22-2)15(21)7-6-13-9-18-16(17)19-10-13/h3-10H,11H2,1-2H3,(H2,17,18,19). The fourth-order valence-electron chi connectivity index (χ4n) is 1.85. The Labute approximate surface area is 134 Å². The Bertz CT molecular complexity index is 670. The zero-order chi connectivity index (χ0) is 15.9. The third-order valence-corrected chi connectivity index (χ3v) is 3.77. The number of anilines is 1. The van der Waals surface area contributed by atoms with Crippen molar-refractivity contribution in [2.24, 2.45) is 0 Å². The van der Waals surface area contributed by atoms with Crippen LogP contribution >= 0.6 is 11.8 Å². The second kappa shape index (κ2) is 7.61. The lowest BCUT2D eigenvalue weighted by atomic mass is 10.2. The number of nitrogens with two attached hydrogens (primary N) is 1. The molecular weight excluding hydrogens is 296 g/mol. The molecule has 1 heterocycles. The van der Waals surface area contributed by atoms with Gasteiger partial charge in [0.05, 0.1) is 0 Å². The van der Waals surface area contributed by atoms with Crippen LogP contribution in [0.25, 0.3) is 6.08 Å². The molecule has 5 nitrogen and oxygen atoms in total. The molecule has 0 radical (unpaired) electrons. The normalized spacial score (nSPS) is 10.8. The fraction of sp³-hybridized carbons (Fsp3) is 0.188. The summed E-state index contributed by atoms with van der Waals surface area (Å²) in [5, 5.41) is 0. The molecule has 0 aliphatic heterocycles. The number of amides is 1. The lowest BCUT2D eigenvalue weighted by Crippen LogP contribution is -2.24. The highest BCUT2D eigenvalue weighted by atomic mass is 32.2. The van der Waals surface area contributed by atoms with Crippen LogP contribution in [0.4, 0.5) is 5.95 Å². The van der Waals surface area contributed by atoms with Gasteiger partial charge in [0.1, 0.15) is 0 Å². The number of nitrogens with zero attached hydrogens (tertiary/aromatic N) is 3. The highest BCUT2D eigenvalue weighted by Crippen LogP contribution is 2.16. The van der Waals surface area contributed by atoms with Gasteiger partial charge in [-0.05, 0) is 30.0 Å². The van der Waals surface area contributed by atoms with E-state index in [0.717, 1.165) is 11.1 Å². The molecular formula is C16H18N4OS. The molecule has 0 aliphatic carbocycles. The predicted molar refractivity (Wildman–Crippen MR) is 90.2 cm³/mol. The Morgan fingerprint density at radius 3 is 2.77 bits per heavy atom. The molecule has 0 unspecified atom stereocenters. The molecule has 6 heteroatoms. The van der Waals surface area contributed by atoms with E-state index in [0.29, 0.717) is 6.54 Å². The van der Waals surface area contributed by atoms with E-state index in [1.54, 1.807) is 42.2 Å². The Balaban J connectivity index is 1.98. The topological polar surface area (TPSA) is 72.1 Å². The number of benzene rings is 1. The summed E-state index contributed by atoms with van der Waals surface area (Å²) in [5.41, 5.74) is 7.26. The summed E-state index contributed by atoms with van der Waals surface area (Å²) < 4.78 is 0. The molecule has 1 aromatic carbocycles. The number of likely N-dealkylation sites (N-methyl/N-ethyl adjacent to an activating group) is 1. The minimum absolute atomic E-state index is 0.0774. The molecule has 0 atom stereocenters. The number of rotatable bonds is 5. The van der Waals surface area contributed by atoms with Gasteiger partial charge in [-0.15, -0.1) is 11.8 Å². The highest BCUT2D eigenvalue weighted by molar-refractivity contribution is 7.98. The second-order valence-corrected chi connectivity index (χ2v) is 5.63. The van der Waals surface area contributed by atoms with Crippen molar-refractivity contribution in [3.63, 3.8) is 0 Å². The first-order valence-corrected chi connectivity index (χ1v) is 7.94. The van der Waals surface area contributed by atoms with Crippen LogP contribution in [0.5, 0.6) is 0 Å². The zero-order valence-electron chi connectivity index (χ0n) is 12.6. The average Bonchev–Trinajstić information content (AvgIpc) is 2.54. The number of nitrogen functional groups attached to an aromatic ring is 1. The second-order valence-electron chi connectivity index (χ2n) is 4.75. The van der Waals surface area contributed by atoms with Gasteiger partial charge >= 0.3 is 0 Å². The molecule has 22 heavy (non-hydrogen) atoms. The van der Waals surface area contributed by atoms with Crippen molar-refractivity contribution in [1.29, 1.82) is 0 Å². The number of thioether (sulfide) groups is 1. The number of hydrogen-bond donors (Lipinski definition) is 1. The summed E-state index contributed by atoms with van der Waals surface area (Å²) in [6.45, 7) is 0.565. The molecule has 0 saturated carbocycles. The summed E-state index contributed by atoms with van der Waals surface area (Å²) in [6.07, 6.45) is 8.37. The van der Waals surface area contributed by atoms with E-state index < -0.39 is 0 Å². The summed E-state index contributed by atoms with van der Waals surface area (Å²) >= 11 is 1.69. The van der Waals surface area contributed by atoms with Gasteiger partial charge in [0.2, 0.25) is 11.9 Å². The van der Waals surface area contributed by atoms with Gasteiger partial charge < -0.3 is 10.6 Å². The fourth-order valence-corrected chi connectivity index (χ4v) is 2.34.